The lowest BCUT2D eigenvalue weighted by molar-refractivity contribution is -0.119. The Kier molecular flexibility index (Phi) is 6.54. The van der Waals surface area contributed by atoms with Gasteiger partial charge in [-0.1, -0.05) is 37.6 Å². The summed E-state index contributed by atoms with van der Waals surface area (Å²) in [7, 11) is 0. The van der Waals surface area contributed by atoms with Crippen LogP contribution in [0.2, 0.25) is 5.02 Å². The summed E-state index contributed by atoms with van der Waals surface area (Å²) in [6.45, 7) is 4.58. The Bertz CT molecular complexity index is 925. The van der Waals surface area contributed by atoms with Crippen molar-refractivity contribution in [1.29, 1.82) is 0 Å². The van der Waals surface area contributed by atoms with Gasteiger partial charge in [0.1, 0.15) is 0 Å². The first-order valence-corrected chi connectivity index (χ1v) is 10.0. The van der Waals surface area contributed by atoms with Crippen LogP contribution < -0.4 is 15.5 Å². The zero-order valence-electron chi connectivity index (χ0n) is 16.5. The number of nitrogens with zero attached hydrogens (tertiary/aromatic N) is 1. The molecule has 3 rings (SSSR count). The predicted octanol–water partition coefficient (Wildman–Crippen LogP) is 3.99. The van der Waals surface area contributed by atoms with Gasteiger partial charge in [0, 0.05) is 36.1 Å². The summed E-state index contributed by atoms with van der Waals surface area (Å²) in [6.07, 6.45) is 1.25. The molecule has 6 nitrogen and oxygen atoms in total. The van der Waals surface area contributed by atoms with Crippen molar-refractivity contribution in [3.8, 4) is 0 Å². The molecule has 1 saturated heterocycles. The Morgan fingerprint density at radius 2 is 1.86 bits per heavy atom. The van der Waals surface area contributed by atoms with E-state index in [-0.39, 0.29) is 23.6 Å². The smallest absolute Gasteiger partial charge is 0.253 e. The molecular weight excluding hydrogens is 390 g/mol. The van der Waals surface area contributed by atoms with E-state index in [1.54, 1.807) is 35.2 Å². The van der Waals surface area contributed by atoms with Crippen molar-refractivity contribution in [2.24, 2.45) is 5.92 Å². The summed E-state index contributed by atoms with van der Waals surface area (Å²) in [6, 6.07) is 12.3. The van der Waals surface area contributed by atoms with E-state index >= 15 is 0 Å². The maximum absolute atomic E-state index is 12.8. The molecule has 0 atom stereocenters. The predicted molar refractivity (Wildman–Crippen MR) is 114 cm³/mol. The lowest BCUT2D eigenvalue weighted by atomic mass is 10.1. The number of amides is 3. The van der Waals surface area contributed by atoms with E-state index < -0.39 is 0 Å². The van der Waals surface area contributed by atoms with Crippen LogP contribution in [0.3, 0.4) is 0 Å². The molecule has 2 N–H and O–H groups in total. The van der Waals surface area contributed by atoms with Crippen LogP contribution in [0.15, 0.2) is 42.5 Å². The SMILES string of the molecule is CC(C)C(=O)Nc1ccc(CNC(=O)c2ccc(Cl)cc2N2CCCC2=O)cc1. The summed E-state index contributed by atoms with van der Waals surface area (Å²) in [4.78, 5) is 38.2. The summed E-state index contributed by atoms with van der Waals surface area (Å²) >= 11 is 6.09. The molecule has 7 heteroatoms. The van der Waals surface area contributed by atoms with Crippen molar-refractivity contribution in [3.63, 3.8) is 0 Å². The van der Waals surface area contributed by atoms with Gasteiger partial charge < -0.3 is 15.5 Å². The average Bonchev–Trinajstić information content (AvgIpc) is 3.12. The Morgan fingerprint density at radius 1 is 1.14 bits per heavy atom. The third kappa shape index (κ3) is 5.15. The van der Waals surface area contributed by atoms with Crippen LogP contribution in [0.25, 0.3) is 0 Å². The number of carbonyl (C=O) groups is 3. The molecule has 1 fully saturated rings. The second-order valence-electron chi connectivity index (χ2n) is 7.33. The van der Waals surface area contributed by atoms with Crippen molar-refractivity contribution in [3.05, 3.63) is 58.6 Å². The van der Waals surface area contributed by atoms with Crippen LogP contribution in [0.5, 0.6) is 0 Å². The Morgan fingerprint density at radius 3 is 2.48 bits per heavy atom. The molecule has 1 heterocycles. The van der Waals surface area contributed by atoms with E-state index in [0.29, 0.717) is 41.5 Å². The first-order chi connectivity index (χ1) is 13.8. The van der Waals surface area contributed by atoms with Gasteiger partial charge >= 0.3 is 0 Å². The molecule has 152 valence electrons. The molecule has 0 aliphatic carbocycles. The highest BCUT2D eigenvalue weighted by Crippen LogP contribution is 2.28. The molecule has 0 bridgehead atoms. The van der Waals surface area contributed by atoms with Crippen LogP contribution >= 0.6 is 11.6 Å². The highest BCUT2D eigenvalue weighted by molar-refractivity contribution is 6.31. The number of rotatable bonds is 6. The van der Waals surface area contributed by atoms with Gasteiger partial charge in [0.2, 0.25) is 11.8 Å². The fourth-order valence-corrected chi connectivity index (χ4v) is 3.26. The average molecular weight is 414 g/mol. The number of carbonyl (C=O) groups excluding carboxylic acids is 3. The number of nitrogens with one attached hydrogen (secondary N) is 2. The molecule has 3 amide bonds. The number of hydrogen-bond donors (Lipinski definition) is 2. The van der Waals surface area contributed by atoms with E-state index in [4.69, 9.17) is 11.6 Å². The summed E-state index contributed by atoms with van der Waals surface area (Å²) in [5, 5.41) is 6.20. The topological polar surface area (TPSA) is 78.5 Å². The molecule has 0 unspecified atom stereocenters. The normalized spacial score (nSPS) is 13.7. The highest BCUT2D eigenvalue weighted by atomic mass is 35.5. The number of anilines is 2. The molecular formula is C22H24ClN3O3. The summed E-state index contributed by atoms with van der Waals surface area (Å²) < 4.78 is 0. The van der Waals surface area contributed by atoms with Gasteiger partial charge in [-0.25, -0.2) is 0 Å². The van der Waals surface area contributed by atoms with Gasteiger partial charge in [-0.05, 0) is 42.3 Å². The monoisotopic (exact) mass is 413 g/mol. The van der Waals surface area contributed by atoms with E-state index in [0.717, 1.165) is 12.0 Å². The zero-order chi connectivity index (χ0) is 21.0. The second-order valence-corrected chi connectivity index (χ2v) is 7.77. The van der Waals surface area contributed by atoms with Crippen LogP contribution in [0.1, 0.15) is 42.6 Å². The Balaban J connectivity index is 1.67. The van der Waals surface area contributed by atoms with E-state index in [2.05, 4.69) is 10.6 Å². The summed E-state index contributed by atoms with van der Waals surface area (Å²) in [5.74, 6) is -0.406. The van der Waals surface area contributed by atoms with Crippen LogP contribution in [0, 0.1) is 5.92 Å². The molecule has 2 aromatic carbocycles. The third-order valence-corrected chi connectivity index (χ3v) is 5.00. The van der Waals surface area contributed by atoms with Crippen LogP contribution in [-0.4, -0.2) is 24.3 Å². The quantitative estimate of drug-likeness (QED) is 0.751. The van der Waals surface area contributed by atoms with E-state index in [1.807, 2.05) is 26.0 Å². The fourth-order valence-electron chi connectivity index (χ4n) is 3.09. The van der Waals surface area contributed by atoms with Crippen molar-refractivity contribution in [2.75, 3.05) is 16.8 Å². The molecule has 1 aliphatic heterocycles. The first-order valence-electron chi connectivity index (χ1n) is 9.63. The van der Waals surface area contributed by atoms with E-state index in [9.17, 15) is 14.4 Å². The molecule has 2 aromatic rings. The van der Waals surface area contributed by atoms with Gasteiger partial charge in [0.05, 0.1) is 11.3 Å². The van der Waals surface area contributed by atoms with Gasteiger partial charge in [0.15, 0.2) is 0 Å². The molecule has 0 aromatic heterocycles. The van der Waals surface area contributed by atoms with Gasteiger partial charge in [-0.15, -0.1) is 0 Å². The van der Waals surface area contributed by atoms with Crippen molar-refractivity contribution in [1.82, 2.24) is 5.32 Å². The lowest BCUT2D eigenvalue weighted by Crippen LogP contribution is -2.29. The maximum Gasteiger partial charge on any atom is 0.253 e. The van der Waals surface area contributed by atoms with Crippen molar-refractivity contribution >= 4 is 40.7 Å². The largest absolute Gasteiger partial charge is 0.348 e. The second kappa shape index (κ2) is 9.09. The Labute approximate surface area is 175 Å². The van der Waals surface area contributed by atoms with Gasteiger partial charge in [-0.2, -0.15) is 0 Å². The maximum atomic E-state index is 12.8. The molecule has 0 radical (unpaired) electrons. The molecule has 0 saturated carbocycles. The molecule has 1 aliphatic rings. The standard InChI is InChI=1S/C22H24ClN3O3/c1-14(2)21(28)25-17-8-5-15(6-9-17)13-24-22(29)18-10-7-16(23)12-19(18)26-11-3-4-20(26)27/h5-10,12,14H,3-4,11,13H2,1-2H3,(H,24,29)(H,25,28). The van der Waals surface area contributed by atoms with E-state index in [1.165, 1.54) is 0 Å². The highest BCUT2D eigenvalue weighted by Gasteiger charge is 2.26. The number of halogens is 1. The van der Waals surface area contributed by atoms with Crippen molar-refractivity contribution < 1.29 is 14.4 Å². The van der Waals surface area contributed by atoms with Crippen LogP contribution in [0.4, 0.5) is 11.4 Å². The minimum absolute atomic E-state index is 0.000324. The zero-order valence-corrected chi connectivity index (χ0v) is 17.3. The minimum Gasteiger partial charge on any atom is -0.348 e. The lowest BCUT2D eigenvalue weighted by Gasteiger charge is -2.20. The van der Waals surface area contributed by atoms with Crippen molar-refractivity contribution in [2.45, 2.75) is 33.2 Å². The Hall–Kier alpha value is -2.86. The van der Waals surface area contributed by atoms with Gasteiger partial charge in [-0.3, -0.25) is 14.4 Å². The first kappa shape index (κ1) is 20.9. The minimum atomic E-state index is -0.270. The summed E-state index contributed by atoms with van der Waals surface area (Å²) in [5.41, 5.74) is 2.58. The fraction of sp³-hybridized carbons (Fsp3) is 0.318. The third-order valence-electron chi connectivity index (χ3n) is 4.77. The molecule has 0 spiro atoms. The molecule has 29 heavy (non-hydrogen) atoms. The van der Waals surface area contributed by atoms with Crippen LogP contribution in [-0.2, 0) is 16.1 Å². The van der Waals surface area contributed by atoms with Gasteiger partial charge in [0.25, 0.3) is 5.91 Å². The number of hydrogen-bond acceptors (Lipinski definition) is 3. The number of benzene rings is 2.